The molecule has 23 heavy (non-hydrogen) atoms. The summed E-state index contributed by atoms with van der Waals surface area (Å²) in [5.41, 5.74) is 5.82. The van der Waals surface area contributed by atoms with Crippen LogP contribution in [0.25, 0.3) is 0 Å². The Bertz CT molecular complexity index is 707. The van der Waals surface area contributed by atoms with Gasteiger partial charge in [-0.25, -0.2) is 0 Å². The Morgan fingerprint density at radius 3 is 2.83 bits per heavy atom. The van der Waals surface area contributed by atoms with Crippen LogP contribution in [0.2, 0.25) is 5.02 Å². The van der Waals surface area contributed by atoms with Crippen molar-refractivity contribution in [2.24, 2.45) is 17.6 Å². The standard InChI is InChI=1S/C17H19ClN2O3/c1-17-5-4-14(23-17)12-7-20(8-13(12)17)16(22)10-3-2-9(18)6-11(10)15(19)21/h2-3,6,12-14H,4-5,7-8H2,1H3,(H2,19,21). The number of amides is 2. The molecule has 1 aromatic carbocycles. The first-order chi connectivity index (χ1) is 10.9. The molecule has 4 unspecified atom stereocenters. The van der Waals surface area contributed by atoms with E-state index < -0.39 is 5.91 Å². The first-order valence-electron chi connectivity index (χ1n) is 7.95. The van der Waals surface area contributed by atoms with Crippen molar-refractivity contribution >= 4 is 23.4 Å². The lowest BCUT2D eigenvalue weighted by atomic mass is 9.75. The maximum atomic E-state index is 12.9. The van der Waals surface area contributed by atoms with Crippen molar-refractivity contribution in [3.63, 3.8) is 0 Å². The lowest BCUT2D eigenvalue weighted by Crippen LogP contribution is -2.36. The molecule has 2 amide bonds. The van der Waals surface area contributed by atoms with E-state index >= 15 is 0 Å². The van der Waals surface area contributed by atoms with Gasteiger partial charge in [-0.1, -0.05) is 11.6 Å². The molecule has 5 nitrogen and oxygen atoms in total. The number of likely N-dealkylation sites (tertiary alicyclic amines) is 1. The second-order valence-electron chi connectivity index (χ2n) is 7.04. The monoisotopic (exact) mass is 334 g/mol. The van der Waals surface area contributed by atoms with Gasteiger partial charge >= 0.3 is 0 Å². The van der Waals surface area contributed by atoms with Crippen LogP contribution in [-0.4, -0.2) is 41.5 Å². The molecule has 2 N–H and O–H groups in total. The van der Waals surface area contributed by atoms with E-state index in [4.69, 9.17) is 22.1 Å². The predicted molar refractivity (Wildman–Crippen MR) is 85.4 cm³/mol. The number of carbonyl (C=O) groups excluding carboxylic acids is 2. The van der Waals surface area contributed by atoms with E-state index in [1.807, 2.05) is 4.90 Å². The zero-order valence-corrected chi connectivity index (χ0v) is 13.7. The quantitative estimate of drug-likeness (QED) is 0.900. The van der Waals surface area contributed by atoms with Gasteiger partial charge in [-0.3, -0.25) is 9.59 Å². The van der Waals surface area contributed by atoms with Gasteiger partial charge in [-0.05, 0) is 38.0 Å². The third kappa shape index (κ3) is 2.17. The molecule has 3 aliphatic heterocycles. The van der Waals surface area contributed by atoms with Crippen molar-refractivity contribution in [3.05, 3.63) is 34.3 Å². The molecule has 3 fully saturated rings. The molecule has 4 atom stereocenters. The minimum absolute atomic E-state index is 0.100. The Kier molecular flexibility index (Phi) is 3.22. The number of hydrogen-bond acceptors (Lipinski definition) is 3. The van der Waals surface area contributed by atoms with Gasteiger partial charge in [0.15, 0.2) is 0 Å². The molecule has 2 bridgehead atoms. The number of carbonyl (C=O) groups is 2. The predicted octanol–water partition coefficient (Wildman–Crippen LogP) is 2.08. The van der Waals surface area contributed by atoms with E-state index in [0.717, 1.165) is 12.8 Å². The molecule has 3 saturated heterocycles. The third-order valence-corrected chi connectivity index (χ3v) is 5.97. The van der Waals surface area contributed by atoms with E-state index in [2.05, 4.69) is 6.92 Å². The van der Waals surface area contributed by atoms with Crippen LogP contribution in [0.15, 0.2) is 18.2 Å². The van der Waals surface area contributed by atoms with Gasteiger partial charge in [0.2, 0.25) is 5.91 Å². The van der Waals surface area contributed by atoms with Crippen LogP contribution in [0.4, 0.5) is 0 Å². The molecular weight excluding hydrogens is 316 g/mol. The number of fused-ring (bicyclic) bond motifs is 5. The van der Waals surface area contributed by atoms with E-state index in [1.54, 1.807) is 12.1 Å². The first-order valence-corrected chi connectivity index (χ1v) is 8.33. The summed E-state index contributed by atoms with van der Waals surface area (Å²) in [6, 6.07) is 4.67. The van der Waals surface area contributed by atoms with Crippen LogP contribution in [-0.2, 0) is 4.74 Å². The zero-order chi connectivity index (χ0) is 16.4. The number of benzene rings is 1. The van der Waals surface area contributed by atoms with Crippen molar-refractivity contribution in [2.45, 2.75) is 31.5 Å². The second kappa shape index (κ2) is 4.95. The number of nitrogens with two attached hydrogens (primary N) is 1. The first kappa shape index (κ1) is 15.0. The van der Waals surface area contributed by atoms with Crippen molar-refractivity contribution in [3.8, 4) is 0 Å². The summed E-state index contributed by atoms with van der Waals surface area (Å²) in [7, 11) is 0. The molecule has 4 rings (SSSR count). The molecule has 0 radical (unpaired) electrons. The van der Waals surface area contributed by atoms with Crippen molar-refractivity contribution in [2.75, 3.05) is 13.1 Å². The smallest absolute Gasteiger partial charge is 0.254 e. The van der Waals surface area contributed by atoms with Gasteiger partial charge in [0.05, 0.1) is 22.8 Å². The van der Waals surface area contributed by atoms with Gasteiger partial charge in [-0.15, -0.1) is 0 Å². The molecule has 0 aromatic heterocycles. The van der Waals surface area contributed by atoms with E-state index in [0.29, 0.717) is 35.5 Å². The van der Waals surface area contributed by atoms with Crippen LogP contribution in [0.3, 0.4) is 0 Å². The Labute approximate surface area is 139 Å². The topological polar surface area (TPSA) is 72.6 Å². The molecule has 3 heterocycles. The lowest BCUT2D eigenvalue weighted by Gasteiger charge is -2.28. The molecule has 1 aromatic rings. The molecule has 0 aliphatic carbocycles. The Morgan fingerprint density at radius 2 is 2.13 bits per heavy atom. The van der Waals surface area contributed by atoms with Crippen LogP contribution < -0.4 is 5.73 Å². The maximum Gasteiger partial charge on any atom is 0.254 e. The second-order valence-corrected chi connectivity index (χ2v) is 7.48. The highest BCUT2D eigenvalue weighted by Crippen LogP contribution is 2.54. The number of ether oxygens (including phenoxy) is 1. The highest BCUT2D eigenvalue weighted by molar-refractivity contribution is 6.31. The minimum Gasteiger partial charge on any atom is -0.371 e. The molecule has 6 heteroatoms. The highest BCUT2D eigenvalue weighted by atomic mass is 35.5. The molecule has 3 aliphatic rings. The maximum absolute atomic E-state index is 12.9. The summed E-state index contributed by atoms with van der Waals surface area (Å²) in [6.07, 6.45) is 2.41. The summed E-state index contributed by atoms with van der Waals surface area (Å²) < 4.78 is 6.11. The fraction of sp³-hybridized carbons (Fsp3) is 0.529. The zero-order valence-electron chi connectivity index (χ0n) is 12.9. The number of nitrogens with zero attached hydrogens (tertiary/aromatic N) is 1. The lowest BCUT2D eigenvalue weighted by molar-refractivity contribution is -0.00217. The summed E-state index contributed by atoms with van der Waals surface area (Å²) >= 11 is 5.92. The van der Waals surface area contributed by atoms with E-state index in [1.165, 1.54) is 6.07 Å². The Hall–Kier alpha value is -1.59. The Balaban J connectivity index is 1.61. The number of halogens is 1. The van der Waals surface area contributed by atoms with Crippen molar-refractivity contribution in [1.29, 1.82) is 0 Å². The van der Waals surface area contributed by atoms with Gasteiger partial charge in [-0.2, -0.15) is 0 Å². The normalized spacial score (nSPS) is 34.7. The largest absolute Gasteiger partial charge is 0.371 e. The van der Waals surface area contributed by atoms with Gasteiger partial charge < -0.3 is 15.4 Å². The van der Waals surface area contributed by atoms with Crippen LogP contribution in [0, 0.1) is 11.8 Å². The highest BCUT2D eigenvalue weighted by Gasteiger charge is 2.60. The van der Waals surface area contributed by atoms with Crippen LogP contribution in [0.1, 0.15) is 40.5 Å². The fourth-order valence-corrected chi connectivity index (χ4v) is 4.73. The van der Waals surface area contributed by atoms with Crippen LogP contribution in [0.5, 0.6) is 0 Å². The van der Waals surface area contributed by atoms with Crippen molar-refractivity contribution in [1.82, 2.24) is 4.90 Å². The van der Waals surface area contributed by atoms with E-state index in [9.17, 15) is 9.59 Å². The molecular formula is C17H19ClN2O3. The molecule has 0 saturated carbocycles. The number of primary amides is 1. The van der Waals surface area contributed by atoms with Crippen molar-refractivity contribution < 1.29 is 14.3 Å². The SMILES string of the molecule is CC12CCC(O1)C1CN(C(=O)c3ccc(Cl)cc3C(N)=O)CC12. The van der Waals surface area contributed by atoms with Gasteiger partial charge in [0.1, 0.15) is 0 Å². The number of rotatable bonds is 2. The van der Waals surface area contributed by atoms with Gasteiger partial charge in [0, 0.05) is 29.9 Å². The summed E-state index contributed by atoms with van der Waals surface area (Å²) in [4.78, 5) is 26.4. The van der Waals surface area contributed by atoms with Crippen LogP contribution >= 0.6 is 11.6 Å². The van der Waals surface area contributed by atoms with E-state index in [-0.39, 0.29) is 23.2 Å². The molecule has 122 valence electrons. The average Bonchev–Trinajstić information content (AvgIpc) is 3.16. The Morgan fingerprint density at radius 1 is 1.35 bits per heavy atom. The van der Waals surface area contributed by atoms with Gasteiger partial charge in [0.25, 0.3) is 5.91 Å². The number of hydrogen-bond donors (Lipinski definition) is 1. The third-order valence-electron chi connectivity index (χ3n) is 5.74. The average molecular weight is 335 g/mol. The fourth-order valence-electron chi connectivity index (χ4n) is 4.56. The summed E-state index contributed by atoms with van der Waals surface area (Å²) in [5.74, 6) is 0.00929. The summed E-state index contributed by atoms with van der Waals surface area (Å²) in [5, 5.41) is 0.396. The summed E-state index contributed by atoms with van der Waals surface area (Å²) in [6.45, 7) is 3.52. The molecule has 0 spiro atoms. The minimum atomic E-state index is -0.634.